The number of carbonyl (C=O) groups excluding carboxylic acids is 3. The Bertz CT molecular complexity index is 341. The Morgan fingerprint density at radius 1 is 1.60 bits per heavy atom. The fourth-order valence-corrected chi connectivity index (χ4v) is 1.77. The molecule has 0 aromatic heterocycles. The first-order chi connectivity index (χ1) is 6.99. The fraction of sp³-hybridized carbons (Fsp3) is 0.429. The zero-order valence-corrected chi connectivity index (χ0v) is 8.37. The molecule has 2 amide bonds. The van der Waals surface area contributed by atoms with Crippen molar-refractivity contribution < 1.29 is 19.5 Å². The Morgan fingerprint density at radius 3 is 2.73 bits per heavy atom. The lowest BCUT2D eigenvalue weighted by Gasteiger charge is -2.07. The Balaban J connectivity index is 2.34. The summed E-state index contributed by atoms with van der Waals surface area (Å²) in [6, 6.07) is 0. The van der Waals surface area contributed by atoms with Gasteiger partial charge in [-0.05, 0) is 0 Å². The van der Waals surface area contributed by atoms with Gasteiger partial charge in [-0.15, -0.1) is 0 Å². The fourth-order valence-electron chi connectivity index (χ4n) is 0.943. The van der Waals surface area contributed by atoms with E-state index < -0.39 is 29.6 Å². The van der Waals surface area contributed by atoms with Gasteiger partial charge < -0.3 is 21.0 Å². The van der Waals surface area contributed by atoms with Gasteiger partial charge in [-0.2, -0.15) is 4.99 Å². The molecule has 1 aliphatic heterocycles. The van der Waals surface area contributed by atoms with Crippen LogP contribution < -0.4 is 16.2 Å². The van der Waals surface area contributed by atoms with E-state index in [1.165, 1.54) is 0 Å². The highest BCUT2D eigenvalue weighted by Gasteiger charge is 2.28. The van der Waals surface area contributed by atoms with Crippen LogP contribution in [0, 0.1) is 0 Å². The number of aliphatic carboxylic acids is 1. The highest BCUT2D eigenvalue weighted by atomic mass is 32.2. The Hall–Kier alpha value is -1.57. The average Bonchev–Trinajstić information content (AvgIpc) is 2.42. The predicted octanol–water partition coefficient (Wildman–Crippen LogP) is -2.80. The standard InChI is InChI=1S/C7H9N3O4S/c8-7-10-6(14)3(15-7)1-4(11)9-2-5(12)13/h3H,1-2H2,(H,9,11)(H,12,13)(H2,8,10,14)/p-1. The third-order valence-electron chi connectivity index (χ3n) is 1.56. The lowest BCUT2D eigenvalue weighted by atomic mass is 10.3. The Labute approximate surface area is 89.1 Å². The van der Waals surface area contributed by atoms with Crippen LogP contribution in [0.15, 0.2) is 4.99 Å². The van der Waals surface area contributed by atoms with Crippen LogP contribution in [-0.2, 0) is 14.4 Å². The zero-order chi connectivity index (χ0) is 11.4. The minimum absolute atomic E-state index is 0.123. The van der Waals surface area contributed by atoms with Crippen LogP contribution in [0.3, 0.4) is 0 Å². The number of thioether (sulfide) groups is 1. The predicted molar refractivity (Wildman–Crippen MR) is 50.6 cm³/mol. The van der Waals surface area contributed by atoms with Crippen molar-refractivity contribution in [3.05, 3.63) is 0 Å². The maximum atomic E-state index is 11.1. The summed E-state index contributed by atoms with van der Waals surface area (Å²) < 4.78 is 0. The van der Waals surface area contributed by atoms with Crippen molar-refractivity contribution >= 4 is 34.7 Å². The molecule has 15 heavy (non-hydrogen) atoms. The molecule has 1 unspecified atom stereocenters. The number of nitrogens with zero attached hydrogens (tertiary/aromatic N) is 1. The molecule has 0 aromatic carbocycles. The molecule has 8 heteroatoms. The molecular weight excluding hydrogens is 222 g/mol. The quantitative estimate of drug-likeness (QED) is 0.537. The van der Waals surface area contributed by atoms with Gasteiger partial charge in [-0.25, -0.2) is 0 Å². The van der Waals surface area contributed by atoms with Crippen molar-refractivity contribution in [2.75, 3.05) is 6.54 Å². The summed E-state index contributed by atoms with van der Waals surface area (Å²) in [6.07, 6.45) is -0.138. The highest BCUT2D eigenvalue weighted by molar-refractivity contribution is 8.15. The molecule has 82 valence electrons. The van der Waals surface area contributed by atoms with Crippen molar-refractivity contribution in [1.82, 2.24) is 5.32 Å². The van der Waals surface area contributed by atoms with Crippen LogP contribution in [0.5, 0.6) is 0 Å². The molecule has 1 aliphatic rings. The first-order valence-corrected chi connectivity index (χ1v) is 4.88. The van der Waals surface area contributed by atoms with Gasteiger partial charge in [0.25, 0.3) is 5.91 Å². The molecule has 0 fully saturated rings. The number of hydrogen-bond acceptors (Lipinski definition) is 6. The van der Waals surface area contributed by atoms with E-state index in [-0.39, 0.29) is 11.6 Å². The van der Waals surface area contributed by atoms with Crippen LogP contribution in [0.4, 0.5) is 0 Å². The summed E-state index contributed by atoms with van der Waals surface area (Å²) in [5.74, 6) is -2.40. The number of carboxylic acids is 1. The second-order valence-corrected chi connectivity index (χ2v) is 3.97. The third kappa shape index (κ3) is 3.58. The van der Waals surface area contributed by atoms with E-state index in [4.69, 9.17) is 5.73 Å². The molecule has 0 saturated carbocycles. The van der Waals surface area contributed by atoms with E-state index >= 15 is 0 Å². The van der Waals surface area contributed by atoms with E-state index in [2.05, 4.69) is 10.3 Å². The molecule has 0 bridgehead atoms. The van der Waals surface area contributed by atoms with Gasteiger partial charge in [-0.1, -0.05) is 11.8 Å². The van der Waals surface area contributed by atoms with Gasteiger partial charge in [0.2, 0.25) is 5.91 Å². The molecule has 1 heterocycles. The number of aliphatic imine (C=N–C) groups is 1. The van der Waals surface area contributed by atoms with E-state index in [0.29, 0.717) is 0 Å². The van der Waals surface area contributed by atoms with Crippen LogP contribution >= 0.6 is 11.8 Å². The molecule has 1 rings (SSSR count). The zero-order valence-electron chi connectivity index (χ0n) is 7.56. The lowest BCUT2D eigenvalue weighted by Crippen LogP contribution is -2.38. The molecule has 0 aromatic rings. The van der Waals surface area contributed by atoms with Crippen molar-refractivity contribution in [2.45, 2.75) is 11.7 Å². The van der Waals surface area contributed by atoms with Gasteiger partial charge in [0.15, 0.2) is 5.17 Å². The topological polar surface area (TPSA) is 125 Å². The van der Waals surface area contributed by atoms with Gasteiger partial charge in [0.05, 0.1) is 12.5 Å². The van der Waals surface area contributed by atoms with E-state index in [1.807, 2.05) is 0 Å². The average molecular weight is 230 g/mol. The molecule has 1 atom stereocenters. The Morgan fingerprint density at radius 2 is 2.27 bits per heavy atom. The number of carboxylic acid groups (broad SMARTS) is 1. The maximum absolute atomic E-state index is 11.1. The monoisotopic (exact) mass is 230 g/mol. The van der Waals surface area contributed by atoms with Gasteiger partial charge in [-0.3, -0.25) is 9.59 Å². The van der Waals surface area contributed by atoms with E-state index in [0.717, 1.165) is 11.8 Å². The number of hydrogen-bond donors (Lipinski definition) is 2. The second kappa shape index (κ2) is 4.78. The van der Waals surface area contributed by atoms with Crippen molar-refractivity contribution in [2.24, 2.45) is 10.7 Å². The maximum Gasteiger partial charge on any atom is 0.262 e. The van der Waals surface area contributed by atoms with Crippen LogP contribution in [0.1, 0.15) is 6.42 Å². The molecule has 0 aliphatic carbocycles. The van der Waals surface area contributed by atoms with Crippen LogP contribution in [-0.4, -0.2) is 34.7 Å². The summed E-state index contributed by atoms with van der Waals surface area (Å²) in [4.78, 5) is 35.6. The van der Waals surface area contributed by atoms with E-state index in [9.17, 15) is 19.5 Å². The van der Waals surface area contributed by atoms with Crippen molar-refractivity contribution in [1.29, 1.82) is 0 Å². The number of nitrogens with one attached hydrogen (secondary N) is 1. The largest absolute Gasteiger partial charge is 0.548 e. The normalized spacial score (nSPS) is 19.9. The number of carbonyl (C=O) groups is 3. The molecule has 7 nitrogen and oxygen atoms in total. The van der Waals surface area contributed by atoms with Crippen molar-refractivity contribution in [3.8, 4) is 0 Å². The first kappa shape index (κ1) is 11.5. The highest BCUT2D eigenvalue weighted by Crippen LogP contribution is 2.22. The minimum atomic E-state index is -1.38. The molecule has 0 spiro atoms. The van der Waals surface area contributed by atoms with Gasteiger partial charge >= 0.3 is 0 Å². The summed E-state index contributed by atoms with van der Waals surface area (Å²) in [5.41, 5.74) is 5.27. The van der Waals surface area contributed by atoms with Gasteiger partial charge in [0, 0.05) is 6.42 Å². The van der Waals surface area contributed by atoms with Crippen LogP contribution in [0.2, 0.25) is 0 Å². The van der Waals surface area contributed by atoms with Crippen molar-refractivity contribution in [3.63, 3.8) is 0 Å². The third-order valence-corrected chi connectivity index (χ3v) is 2.55. The SMILES string of the molecule is NC1=NC(=O)C(CC(=O)NCC(=O)[O-])S1. The molecule has 3 N–H and O–H groups in total. The lowest BCUT2D eigenvalue weighted by molar-refractivity contribution is -0.304. The summed E-state index contributed by atoms with van der Waals surface area (Å²) in [5, 5.41) is 11.6. The minimum Gasteiger partial charge on any atom is -0.548 e. The van der Waals surface area contributed by atoms with Crippen LogP contribution in [0.25, 0.3) is 0 Å². The Kier molecular flexibility index (Phi) is 3.67. The summed E-state index contributed by atoms with van der Waals surface area (Å²) in [7, 11) is 0. The number of amidine groups is 1. The molecule has 0 radical (unpaired) electrons. The summed E-state index contributed by atoms with van der Waals surface area (Å²) >= 11 is 0.991. The smallest absolute Gasteiger partial charge is 0.262 e. The molecular formula is C7H8N3O4S-. The number of nitrogens with two attached hydrogens (primary N) is 1. The number of amides is 2. The summed E-state index contributed by atoms with van der Waals surface area (Å²) in [6.45, 7) is -0.569. The van der Waals surface area contributed by atoms with E-state index in [1.54, 1.807) is 0 Å². The number of rotatable bonds is 4. The second-order valence-electron chi connectivity index (χ2n) is 2.75. The first-order valence-electron chi connectivity index (χ1n) is 4.00. The van der Waals surface area contributed by atoms with Gasteiger partial charge in [0.1, 0.15) is 5.25 Å². The molecule has 0 saturated heterocycles.